The van der Waals surface area contributed by atoms with E-state index in [0.29, 0.717) is 31.7 Å². The van der Waals surface area contributed by atoms with Crippen LogP contribution in [0.1, 0.15) is 19.8 Å². The Bertz CT molecular complexity index is 518. The standard InChI is InChI=1S/C15H19FN2O3/c1-2-18(13-5-3-12(16)4-6-13)15(21)17-8-7-11(10-17)9-14(19)20/h3-6,11H,2,7-10H2,1H3,(H,19,20). The van der Waals surface area contributed by atoms with Gasteiger partial charge in [0.25, 0.3) is 0 Å². The van der Waals surface area contributed by atoms with Gasteiger partial charge in [-0.2, -0.15) is 0 Å². The zero-order chi connectivity index (χ0) is 15.4. The van der Waals surface area contributed by atoms with Crippen molar-refractivity contribution < 1.29 is 19.1 Å². The SMILES string of the molecule is CCN(C(=O)N1CCC(CC(=O)O)C1)c1ccc(F)cc1. The second kappa shape index (κ2) is 6.56. The first kappa shape index (κ1) is 15.3. The van der Waals surface area contributed by atoms with Crippen molar-refractivity contribution in [3.8, 4) is 0 Å². The number of amides is 2. The summed E-state index contributed by atoms with van der Waals surface area (Å²) in [4.78, 5) is 26.5. The molecule has 1 N–H and O–H groups in total. The number of carbonyl (C=O) groups is 2. The molecule has 1 aromatic carbocycles. The van der Waals surface area contributed by atoms with Crippen molar-refractivity contribution in [3.63, 3.8) is 0 Å². The highest BCUT2D eigenvalue weighted by Gasteiger charge is 2.30. The van der Waals surface area contributed by atoms with E-state index in [-0.39, 0.29) is 24.2 Å². The number of aliphatic carboxylic acids is 1. The van der Waals surface area contributed by atoms with Gasteiger partial charge in [0.15, 0.2) is 0 Å². The molecule has 0 saturated carbocycles. The van der Waals surface area contributed by atoms with Gasteiger partial charge in [0.1, 0.15) is 5.82 Å². The zero-order valence-corrected chi connectivity index (χ0v) is 12.0. The number of rotatable bonds is 4. The van der Waals surface area contributed by atoms with E-state index in [9.17, 15) is 14.0 Å². The summed E-state index contributed by atoms with van der Waals surface area (Å²) < 4.78 is 13.0. The fourth-order valence-corrected chi connectivity index (χ4v) is 2.64. The summed E-state index contributed by atoms with van der Waals surface area (Å²) in [5.74, 6) is -1.16. The minimum absolute atomic E-state index is 0.0124. The van der Waals surface area contributed by atoms with Gasteiger partial charge < -0.3 is 10.0 Å². The third-order valence-electron chi connectivity index (χ3n) is 3.71. The number of nitrogens with zero attached hydrogens (tertiary/aromatic N) is 2. The predicted octanol–water partition coefficient (Wildman–Crippen LogP) is 2.57. The van der Waals surface area contributed by atoms with Gasteiger partial charge in [0, 0.05) is 31.7 Å². The molecule has 1 saturated heterocycles. The molecule has 0 aliphatic carbocycles. The van der Waals surface area contributed by atoms with E-state index in [4.69, 9.17) is 5.11 Å². The molecule has 1 fully saturated rings. The molecule has 2 amide bonds. The maximum absolute atomic E-state index is 13.0. The molecule has 114 valence electrons. The first-order valence-corrected chi connectivity index (χ1v) is 7.05. The van der Waals surface area contributed by atoms with Crippen LogP contribution in [0.25, 0.3) is 0 Å². The Hall–Kier alpha value is -2.11. The van der Waals surface area contributed by atoms with Crippen LogP contribution in [-0.2, 0) is 4.79 Å². The van der Waals surface area contributed by atoms with Crippen molar-refractivity contribution in [2.75, 3.05) is 24.5 Å². The van der Waals surface area contributed by atoms with Crippen LogP contribution in [0.3, 0.4) is 0 Å². The van der Waals surface area contributed by atoms with Crippen LogP contribution in [0.2, 0.25) is 0 Å². The lowest BCUT2D eigenvalue weighted by Gasteiger charge is -2.27. The molecule has 1 atom stereocenters. The predicted molar refractivity (Wildman–Crippen MR) is 76.7 cm³/mol. The van der Waals surface area contributed by atoms with E-state index >= 15 is 0 Å². The average Bonchev–Trinajstić information content (AvgIpc) is 2.89. The molecular formula is C15H19FN2O3. The van der Waals surface area contributed by atoms with E-state index in [2.05, 4.69) is 0 Å². The summed E-state index contributed by atoms with van der Waals surface area (Å²) in [6, 6.07) is 5.63. The van der Waals surface area contributed by atoms with Crippen molar-refractivity contribution in [1.82, 2.24) is 4.90 Å². The number of benzene rings is 1. The van der Waals surface area contributed by atoms with Crippen LogP contribution >= 0.6 is 0 Å². The minimum Gasteiger partial charge on any atom is -0.481 e. The summed E-state index contributed by atoms with van der Waals surface area (Å²) >= 11 is 0. The van der Waals surface area contributed by atoms with Crippen LogP contribution in [-0.4, -0.2) is 41.6 Å². The Kier molecular flexibility index (Phi) is 4.77. The largest absolute Gasteiger partial charge is 0.481 e. The molecule has 1 aliphatic heterocycles. The molecule has 5 nitrogen and oxygen atoms in total. The lowest BCUT2D eigenvalue weighted by atomic mass is 10.1. The van der Waals surface area contributed by atoms with Gasteiger partial charge in [0.2, 0.25) is 0 Å². The normalized spacial score (nSPS) is 17.8. The molecule has 21 heavy (non-hydrogen) atoms. The summed E-state index contributed by atoms with van der Waals surface area (Å²) in [5, 5.41) is 8.81. The molecule has 0 spiro atoms. The molecule has 1 heterocycles. The van der Waals surface area contributed by atoms with Gasteiger partial charge in [-0.15, -0.1) is 0 Å². The van der Waals surface area contributed by atoms with Crippen LogP contribution in [0.5, 0.6) is 0 Å². The lowest BCUT2D eigenvalue weighted by Crippen LogP contribution is -2.42. The average molecular weight is 294 g/mol. The Labute approximate surface area is 123 Å². The van der Waals surface area contributed by atoms with Gasteiger partial charge in [-0.05, 0) is 43.5 Å². The highest BCUT2D eigenvalue weighted by atomic mass is 19.1. The number of carbonyl (C=O) groups excluding carboxylic acids is 1. The van der Waals surface area contributed by atoms with E-state index in [1.165, 1.54) is 12.1 Å². The van der Waals surface area contributed by atoms with Crippen molar-refractivity contribution in [1.29, 1.82) is 0 Å². The summed E-state index contributed by atoms with van der Waals surface area (Å²) in [6.45, 7) is 3.36. The fraction of sp³-hybridized carbons (Fsp3) is 0.467. The first-order chi connectivity index (χ1) is 10.0. The quantitative estimate of drug-likeness (QED) is 0.928. The van der Waals surface area contributed by atoms with Crippen LogP contribution < -0.4 is 4.90 Å². The fourth-order valence-electron chi connectivity index (χ4n) is 2.64. The van der Waals surface area contributed by atoms with E-state index < -0.39 is 5.97 Å². The number of carboxylic acids is 1. The van der Waals surface area contributed by atoms with Gasteiger partial charge >= 0.3 is 12.0 Å². The Morgan fingerprint density at radius 3 is 2.62 bits per heavy atom. The second-order valence-electron chi connectivity index (χ2n) is 5.20. The van der Waals surface area contributed by atoms with Crippen molar-refractivity contribution in [2.45, 2.75) is 19.8 Å². The van der Waals surface area contributed by atoms with Crippen LogP contribution in [0.15, 0.2) is 24.3 Å². The number of halogens is 1. The molecule has 6 heteroatoms. The highest BCUT2D eigenvalue weighted by molar-refractivity contribution is 5.92. The van der Waals surface area contributed by atoms with E-state index in [0.717, 1.165) is 0 Å². The Morgan fingerprint density at radius 2 is 2.05 bits per heavy atom. The third-order valence-corrected chi connectivity index (χ3v) is 3.71. The maximum atomic E-state index is 13.0. The summed E-state index contributed by atoms with van der Waals surface area (Å²) in [7, 11) is 0. The molecule has 2 rings (SSSR count). The third kappa shape index (κ3) is 3.71. The second-order valence-corrected chi connectivity index (χ2v) is 5.20. The zero-order valence-electron chi connectivity index (χ0n) is 12.0. The van der Waals surface area contributed by atoms with Crippen molar-refractivity contribution in [2.24, 2.45) is 5.92 Å². The van der Waals surface area contributed by atoms with Crippen molar-refractivity contribution in [3.05, 3.63) is 30.1 Å². The number of hydrogen-bond donors (Lipinski definition) is 1. The molecule has 0 aromatic heterocycles. The molecule has 1 aromatic rings. The molecular weight excluding hydrogens is 275 g/mol. The monoisotopic (exact) mass is 294 g/mol. The van der Waals surface area contributed by atoms with Crippen LogP contribution in [0.4, 0.5) is 14.9 Å². The minimum atomic E-state index is -0.833. The number of anilines is 1. The highest BCUT2D eigenvalue weighted by Crippen LogP contribution is 2.23. The summed E-state index contributed by atoms with van der Waals surface area (Å²) in [6.07, 6.45) is 0.797. The van der Waals surface area contributed by atoms with Gasteiger partial charge in [-0.25, -0.2) is 9.18 Å². The first-order valence-electron chi connectivity index (χ1n) is 7.05. The Balaban J connectivity index is 2.04. The number of likely N-dealkylation sites (tertiary alicyclic amines) is 1. The van der Waals surface area contributed by atoms with Crippen molar-refractivity contribution >= 4 is 17.7 Å². The number of urea groups is 1. The van der Waals surface area contributed by atoms with Gasteiger partial charge in [-0.1, -0.05) is 0 Å². The lowest BCUT2D eigenvalue weighted by molar-refractivity contribution is -0.138. The topological polar surface area (TPSA) is 60.9 Å². The van der Waals surface area contributed by atoms with E-state index in [1.807, 2.05) is 6.92 Å². The summed E-state index contributed by atoms with van der Waals surface area (Å²) in [5.41, 5.74) is 0.644. The smallest absolute Gasteiger partial charge is 0.324 e. The molecule has 1 aliphatic rings. The van der Waals surface area contributed by atoms with Gasteiger partial charge in [-0.3, -0.25) is 9.69 Å². The van der Waals surface area contributed by atoms with Crippen LogP contribution in [0, 0.1) is 11.7 Å². The molecule has 0 radical (unpaired) electrons. The molecule has 0 bridgehead atoms. The maximum Gasteiger partial charge on any atom is 0.324 e. The number of carboxylic acid groups (broad SMARTS) is 1. The van der Waals surface area contributed by atoms with E-state index in [1.54, 1.807) is 21.9 Å². The Morgan fingerprint density at radius 1 is 1.38 bits per heavy atom. The molecule has 1 unspecified atom stereocenters. The van der Waals surface area contributed by atoms with Gasteiger partial charge in [0.05, 0.1) is 0 Å². The number of hydrogen-bond acceptors (Lipinski definition) is 2.